The van der Waals surface area contributed by atoms with Gasteiger partial charge in [-0.05, 0) is 75.2 Å². The van der Waals surface area contributed by atoms with Gasteiger partial charge in [0.25, 0.3) is 11.8 Å². The Kier molecular flexibility index (Phi) is 28.3. The molecule has 0 aromatic heterocycles. The zero-order chi connectivity index (χ0) is 72.5. The second kappa shape index (κ2) is 36.4. The maximum absolute atomic E-state index is 14.8. The molecule has 0 fully saturated rings. The van der Waals surface area contributed by atoms with Crippen LogP contribution in [0.25, 0.3) is 0 Å². The lowest BCUT2D eigenvalue weighted by atomic mass is 9.96. The highest BCUT2D eigenvalue weighted by Crippen LogP contribution is 2.39. The first-order valence-corrected chi connectivity index (χ1v) is 29.8. The Balaban J connectivity index is 1.55. The first-order chi connectivity index (χ1) is 46.5. The molecule has 5 rings (SSSR count). The van der Waals surface area contributed by atoms with E-state index in [0.717, 1.165) is 0 Å². The average molecular weight is 1360 g/mol. The van der Waals surface area contributed by atoms with Crippen molar-refractivity contribution >= 4 is 71.1 Å². The summed E-state index contributed by atoms with van der Waals surface area (Å²) in [7, 11) is 8.23. The molecule has 30 nitrogen and oxygen atoms in total. The van der Waals surface area contributed by atoms with E-state index in [4.69, 9.17) is 28.4 Å². The molecule has 30 heteroatoms. The van der Waals surface area contributed by atoms with Gasteiger partial charge in [-0.3, -0.25) is 47.9 Å². The van der Waals surface area contributed by atoms with Crippen molar-refractivity contribution in [2.24, 2.45) is 0 Å². The number of hydrogen-bond donors (Lipinski definition) is 12. The third-order valence-electron chi connectivity index (χ3n) is 14.5. The number of aliphatic carboxylic acids is 4. The minimum Gasteiger partial charge on any atom is -0.493 e. The van der Waals surface area contributed by atoms with Crippen LogP contribution in [0.15, 0.2) is 97.1 Å². The van der Waals surface area contributed by atoms with Crippen LogP contribution in [0.4, 0.5) is 0 Å². The molecule has 518 valence electrons. The first-order valence-electron chi connectivity index (χ1n) is 29.8. The van der Waals surface area contributed by atoms with Gasteiger partial charge in [0, 0.05) is 35.1 Å². The quantitative estimate of drug-likeness (QED) is 0.0270. The van der Waals surface area contributed by atoms with Crippen LogP contribution in [-0.4, -0.2) is 183 Å². The van der Waals surface area contributed by atoms with Crippen molar-refractivity contribution in [2.45, 2.75) is 102 Å². The highest BCUT2D eigenvalue weighted by molar-refractivity contribution is 6.05. The monoisotopic (exact) mass is 1350 g/mol. The fraction of sp³-hybridized carbons (Fsp3) is 0.324. The Morgan fingerprint density at radius 1 is 0.357 bits per heavy atom. The molecule has 0 aliphatic carbocycles. The Hall–Kier alpha value is -12.3. The summed E-state index contributed by atoms with van der Waals surface area (Å²) in [5, 5.41) is 57.1. The van der Waals surface area contributed by atoms with Crippen molar-refractivity contribution in [3.05, 3.63) is 142 Å². The number of benzene rings is 5. The van der Waals surface area contributed by atoms with E-state index in [9.17, 15) is 78.0 Å². The Labute approximate surface area is 562 Å². The highest BCUT2D eigenvalue weighted by Gasteiger charge is 2.33. The van der Waals surface area contributed by atoms with Gasteiger partial charge < -0.3 is 91.4 Å². The summed E-state index contributed by atoms with van der Waals surface area (Å²) in [6.45, 7) is 5.05. The molecular formula is C68H74N8O22. The predicted octanol–water partition coefficient (Wildman–Crippen LogP) is 1.33. The van der Waals surface area contributed by atoms with Crippen LogP contribution in [0.2, 0.25) is 0 Å². The minimum atomic E-state index is -1.87. The number of carbonyl (C=O) groups excluding carboxylic acids is 8. The Bertz CT molecular complexity index is 3650. The van der Waals surface area contributed by atoms with Crippen molar-refractivity contribution in [3.8, 4) is 58.2 Å². The topological polar surface area (TPSA) is 437 Å². The van der Waals surface area contributed by atoms with Gasteiger partial charge >= 0.3 is 23.9 Å². The maximum Gasteiger partial charge on any atom is 0.326 e. The van der Waals surface area contributed by atoms with E-state index in [0.29, 0.717) is 11.1 Å². The van der Waals surface area contributed by atoms with Crippen LogP contribution in [0.1, 0.15) is 94.6 Å². The van der Waals surface area contributed by atoms with E-state index in [-0.39, 0.29) is 80.7 Å². The summed E-state index contributed by atoms with van der Waals surface area (Å²) in [5.74, 6) is -1.41. The maximum atomic E-state index is 14.8. The molecule has 12 N–H and O–H groups in total. The molecule has 0 heterocycles. The van der Waals surface area contributed by atoms with E-state index in [1.807, 2.05) is 0 Å². The number of methoxy groups -OCH3 is 6. The number of hydrogen-bond acceptors (Lipinski definition) is 18. The minimum absolute atomic E-state index is 0.185. The molecule has 0 saturated carbocycles. The van der Waals surface area contributed by atoms with E-state index < -0.39 is 132 Å². The number of carboxylic acid groups (broad SMARTS) is 4. The largest absolute Gasteiger partial charge is 0.493 e. The summed E-state index contributed by atoms with van der Waals surface area (Å²) in [6, 6.07) is 12.2. The molecule has 0 aliphatic rings. The normalized spacial score (nSPS) is 12.9. The van der Waals surface area contributed by atoms with E-state index >= 15 is 0 Å². The van der Waals surface area contributed by atoms with Gasteiger partial charge in [-0.25, -0.2) is 9.59 Å². The molecule has 5 aromatic rings. The molecule has 0 spiro atoms. The smallest absolute Gasteiger partial charge is 0.326 e. The van der Waals surface area contributed by atoms with Crippen LogP contribution in [0.5, 0.6) is 34.5 Å². The van der Waals surface area contributed by atoms with Crippen LogP contribution >= 0.6 is 0 Å². The van der Waals surface area contributed by atoms with Crippen molar-refractivity contribution in [2.75, 3.05) is 42.7 Å². The summed E-state index contributed by atoms with van der Waals surface area (Å²) >= 11 is 0. The lowest BCUT2D eigenvalue weighted by molar-refractivity contribution is -0.147. The number of carbonyl (C=O) groups is 12. The second-order valence-electron chi connectivity index (χ2n) is 21.6. The summed E-state index contributed by atoms with van der Waals surface area (Å²) < 4.78 is 33.0. The third kappa shape index (κ3) is 21.9. The van der Waals surface area contributed by atoms with Crippen LogP contribution < -0.4 is 71.0 Å². The zero-order valence-electron chi connectivity index (χ0n) is 54.8. The zero-order valence-corrected chi connectivity index (χ0v) is 54.8. The standard InChI is InChI=1S/C68H74N8O22/c1-35(59(81)69-37(3)61(83)73-47(25-39-17-13-11-14-18-39)65(87)75-49(67(89)90)33-55(77)78)71-63(85)45-31-44(24-22-42-29-53(95-7)58(98-10)54(30-42)96-8)46(32-43(45)23-21-41-27-51(93-5)57(97-9)52(28-41)94-6)64(86)72-36(2)60(82)70-38(4)62(84)74-48(26-40-19-15-12-16-20-40)66(88)76-50(68(91)92)34-56(79)80/h11-20,27-32,35-38,47-50H,25-26,33-34H2,1-10H3,(H,69,81)(H,70,82)(H,71,85)(H,72,86)(H,73,83)(H,74,84)(H,75,87)(H,76,88)(H,77,78)(H,79,80)(H,89,90)(H,91,92)/t35-,36-,37-,38-,47-,48-,49-,50-/m1/s1. The summed E-state index contributed by atoms with van der Waals surface area (Å²) in [4.78, 5) is 159. The number of nitrogens with one attached hydrogen (secondary N) is 8. The van der Waals surface area contributed by atoms with Gasteiger partial charge in [0.05, 0.1) is 66.6 Å². The summed E-state index contributed by atoms with van der Waals surface area (Å²) in [6.07, 6.45) is -2.35. The van der Waals surface area contributed by atoms with Crippen molar-refractivity contribution in [1.29, 1.82) is 0 Å². The van der Waals surface area contributed by atoms with E-state index in [1.165, 1.54) is 107 Å². The SMILES string of the molecule is COc1cc(C#Cc2cc(C(=O)N[C@H](C)C(=O)N[C@H](C)C(=O)N[C@H](Cc3ccccc3)C(=O)N[C@H](CC(=O)O)C(=O)O)c(C#Cc3cc(OC)c(OC)c(OC)c3)cc2C(=O)N[C@H](C)C(=O)N[C@H](C)C(=O)N[C@H](Cc2ccccc2)C(=O)N[C@H](CC(=O)O)C(=O)O)cc(OC)c1OC. The lowest BCUT2D eigenvalue weighted by Crippen LogP contribution is -2.57. The third-order valence-corrected chi connectivity index (χ3v) is 14.5. The molecule has 8 amide bonds. The van der Waals surface area contributed by atoms with Crippen molar-refractivity contribution in [3.63, 3.8) is 0 Å². The molecular weight excluding hydrogens is 1280 g/mol. The fourth-order valence-corrected chi connectivity index (χ4v) is 9.26. The molecule has 0 radical (unpaired) electrons. The summed E-state index contributed by atoms with van der Waals surface area (Å²) in [5.41, 5.74) is 0.510. The fourth-order valence-electron chi connectivity index (χ4n) is 9.26. The lowest BCUT2D eigenvalue weighted by Gasteiger charge is -2.24. The van der Waals surface area contributed by atoms with Gasteiger partial charge in [0.15, 0.2) is 23.0 Å². The molecule has 5 aromatic carbocycles. The first kappa shape index (κ1) is 76.4. The van der Waals surface area contributed by atoms with Gasteiger partial charge in [-0.15, -0.1) is 0 Å². The van der Waals surface area contributed by atoms with Gasteiger partial charge in [-0.2, -0.15) is 0 Å². The molecule has 0 unspecified atom stereocenters. The molecule has 0 bridgehead atoms. The number of ether oxygens (including phenoxy) is 6. The average Bonchev–Trinajstić information content (AvgIpc) is 0.881. The number of rotatable bonds is 32. The molecule has 0 saturated heterocycles. The van der Waals surface area contributed by atoms with E-state index in [1.54, 1.807) is 60.7 Å². The van der Waals surface area contributed by atoms with Gasteiger partial charge in [-0.1, -0.05) is 84.3 Å². The van der Waals surface area contributed by atoms with Gasteiger partial charge in [0.2, 0.25) is 46.9 Å². The van der Waals surface area contributed by atoms with Gasteiger partial charge in [0.1, 0.15) is 48.3 Å². The Morgan fingerprint density at radius 2 is 0.643 bits per heavy atom. The molecule has 8 atom stereocenters. The Morgan fingerprint density at radius 3 is 0.918 bits per heavy atom. The number of amides is 8. The number of carboxylic acids is 4. The van der Waals surface area contributed by atoms with Crippen LogP contribution in [0.3, 0.4) is 0 Å². The highest BCUT2D eigenvalue weighted by atomic mass is 16.5. The molecule has 0 aliphatic heterocycles. The van der Waals surface area contributed by atoms with E-state index in [2.05, 4.69) is 66.2 Å². The molecule has 98 heavy (non-hydrogen) atoms. The van der Waals surface area contributed by atoms with Crippen LogP contribution in [0, 0.1) is 23.7 Å². The van der Waals surface area contributed by atoms with Crippen molar-refractivity contribution < 1.29 is 106 Å². The predicted molar refractivity (Wildman–Crippen MR) is 347 cm³/mol. The second-order valence-corrected chi connectivity index (χ2v) is 21.6. The van der Waals surface area contributed by atoms with Crippen molar-refractivity contribution in [1.82, 2.24) is 42.5 Å². The van der Waals surface area contributed by atoms with Crippen LogP contribution in [-0.2, 0) is 60.8 Å².